The van der Waals surface area contributed by atoms with Crippen molar-refractivity contribution in [2.75, 3.05) is 32.8 Å². The van der Waals surface area contributed by atoms with Gasteiger partial charge in [-0.15, -0.1) is 0 Å². The number of amides is 1. The summed E-state index contributed by atoms with van der Waals surface area (Å²) in [5.41, 5.74) is 0. The van der Waals surface area contributed by atoms with Crippen molar-refractivity contribution in [2.45, 2.75) is 19.5 Å². The second-order valence-electron chi connectivity index (χ2n) is 3.44. The van der Waals surface area contributed by atoms with Gasteiger partial charge in [0, 0.05) is 26.2 Å². The van der Waals surface area contributed by atoms with Crippen molar-refractivity contribution in [3.8, 4) is 0 Å². The summed E-state index contributed by atoms with van der Waals surface area (Å²) in [5, 5.41) is 3.10. The lowest BCUT2D eigenvalue weighted by Crippen LogP contribution is -2.49. The van der Waals surface area contributed by atoms with E-state index in [0.29, 0.717) is 13.1 Å². The Morgan fingerprint density at radius 1 is 1.47 bits per heavy atom. The molecular formula is C9H16F2N2O2. The van der Waals surface area contributed by atoms with Crippen LogP contribution in [0.5, 0.6) is 0 Å². The number of carbonyl (C=O) groups excluding carboxylic acids is 1. The number of halogens is 2. The highest BCUT2D eigenvalue weighted by atomic mass is 19.3. The van der Waals surface area contributed by atoms with E-state index in [4.69, 9.17) is 4.74 Å². The molecule has 88 valence electrons. The average Bonchev–Trinajstić information content (AvgIpc) is 2.26. The van der Waals surface area contributed by atoms with E-state index in [2.05, 4.69) is 5.32 Å². The minimum atomic E-state index is -2.52. The number of nitrogens with zero attached hydrogens (tertiary/aromatic N) is 1. The summed E-state index contributed by atoms with van der Waals surface area (Å²) < 4.78 is 28.4. The monoisotopic (exact) mass is 222 g/mol. The number of hydrogen-bond donors (Lipinski definition) is 1. The Morgan fingerprint density at radius 2 is 2.07 bits per heavy atom. The largest absolute Gasteiger partial charge is 0.363 e. The molecule has 1 aliphatic heterocycles. The third-order valence-corrected chi connectivity index (χ3v) is 2.25. The number of ether oxygens (including phenoxy) is 1. The first-order valence-corrected chi connectivity index (χ1v) is 5.00. The van der Waals surface area contributed by atoms with Crippen molar-refractivity contribution in [1.82, 2.24) is 10.2 Å². The standard InChI is InChI=1S/C9H16F2N2O2/c1-7(15-6-8(10)11)9(14)13-4-2-12-3-5-13/h7-8,12H,2-6H2,1H3. The quantitative estimate of drug-likeness (QED) is 0.733. The first-order valence-electron chi connectivity index (χ1n) is 5.00. The van der Waals surface area contributed by atoms with Crippen molar-refractivity contribution in [3.05, 3.63) is 0 Å². The molecule has 1 N–H and O–H groups in total. The normalized spacial score (nSPS) is 19.3. The number of rotatable bonds is 4. The fourth-order valence-corrected chi connectivity index (χ4v) is 1.43. The molecule has 0 aromatic rings. The summed E-state index contributed by atoms with van der Waals surface area (Å²) in [5.74, 6) is -0.211. The predicted molar refractivity (Wildman–Crippen MR) is 50.9 cm³/mol. The Balaban J connectivity index is 2.30. The van der Waals surface area contributed by atoms with Crippen molar-refractivity contribution in [2.24, 2.45) is 0 Å². The van der Waals surface area contributed by atoms with E-state index in [1.165, 1.54) is 6.92 Å². The molecule has 6 heteroatoms. The maximum Gasteiger partial charge on any atom is 0.261 e. The second kappa shape index (κ2) is 5.97. The van der Waals surface area contributed by atoms with Crippen molar-refractivity contribution >= 4 is 5.91 Å². The zero-order chi connectivity index (χ0) is 11.3. The molecule has 1 saturated heterocycles. The Kier molecular flexibility index (Phi) is 4.90. The Labute approximate surface area is 87.6 Å². The smallest absolute Gasteiger partial charge is 0.261 e. The van der Waals surface area contributed by atoms with Crippen LogP contribution in [0.15, 0.2) is 0 Å². The Hall–Kier alpha value is -0.750. The zero-order valence-electron chi connectivity index (χ0n) is 8.71. The van der Waals surface area contributed by atoms with Gasteiger partial charge in [-0.2, -0.15) is 0 Å². The third kappa shape index (κ3) is 4.09. The van der Waals surface area contributed by atoms with E-state index in [-0.39, 0.29) is 5.91 Å². The molecule has 0 spiro atoms. The number of alkyl halides is 2. The molecule has 1 amide bonds. The molecule has 1 aliphatic rings. The maximum atomic E-state index is 11.8. The van der Waals surface area contributed by atoms with Gasteiger partial charge in [-0.25, -0.2) is 8.78 Å². The van der Waals surface area contributed by atoms with Crippen molar-refractivity contribution in [3.63, 3.8) is 0 Å². The second-order valence-corrected chi connectivity index (χ2v) is 3.44. The molecular weight excluding hydrogens is 206 g/mol. The fraction of sp³-hybridized carbons (Fsp3) is 0.889. The molecule has 1 fully saturated rings. The molecule has 1 unspecified atom stereocenters. The summed E-state index contributed by atoms with van der Waals surface area (Å²) in [6.45, 7) is 3.54. The van der Waals surface area contributed by atoms with Crippen LogP contribution in [-0.4, -0.2) is 56.1 Å². The highest BCUT2D eigenvalue weighted by Gasteiger charge is 2.23. The van der Waals surface area contributed by atoms with E-state index >= 15 is 0 Å². The SMILES string of the molecule is CC(OCC(F)F)C(=O)N1CCNCC1. The van der Waals surface area contributed by atoms with E-state index in [1.807, 2.05) is 0 Å². The minimum Gasteiger partial charge on any atom is -0.363 e. The number of carbonyl (C=O) groups is 1. The van der Waals surface area contributed by atoms with Gasteiger partial charge in [0.1, 0.15) is 12.7 Å². The minimum absolute atomic E-state index is 0.211. The number of hydrogen-bond acceptors (Lipinski definition) is 3. The van der Waals surface area contributed by atoms with Crippen molar-refractivity contribution in [1.29, 1.82) is 0 Å². The first kappa shape index (κ1) is 12.3. The summed E-state index contributed by atoms with van der Waals surface area (Å²) in [6.07, 6.45) is -3.31. The topological polar surface area (TPSA) is 41.6 Å². The Morgan fingerprint density at radius 3 is 2.60 bits per heavy atom. The van der Waals surface area contributed by atoms with Gasteiger partial charge < -0.3 is 15.0 Å². The molecule has 4 nitrogen and oxygen atoms in total. The predicted octanol–water partition coefficient (Wildman–Crippen LogP) is 0.0884. The van der Waals surface area contributed by atoms with Gasteiger partial charge in [-0.3, -0.25) is 4.79 Å². The van der Waals surface area contributed by atoms with E-state index < -0.39 is 19.1 Å². The van der Waals surface area contributed by atoms with Gasteiger partial charge in [0.05, 0.1) is 0 Å². The van der Waals surface area contributed by atoms with E-state index in [1.54, 1.807) is 4.90 Å². The highest BCUT2D eigenvalue weighted by Crippen LogP contribution is 2.03. The molecule has 0 aromatic carbocycles. The lowest BCUT2D eigenvalue weighted by atomic mass is 10.3. The number of nitrogens with one attached hydrogen (secondary N) is 1. The molecule has 1 atom stereocenters. The Bertz CT molecular complexity index is 208. The van der Waals surface area contributed by atoms with Crippen LogP contribution in [0, 0.1) is 0 Å². The van der Waals surface area contributed by atoms with Crippen molar-refractivity contribution < 1.29 is 18.3 Å². The summed E-state index contributed by atoms with van der Waals surface area (Å²) >= 11 is 0. The van der Waals surface area contributed by atoms with Gasteiger partial charge in [0.2, 0.25) is 0 Å². The van der Waals surface area contributed by atoms with Crippen LogP contribution in [0.2, 0.25) is 0 Å². The molecule has 15 heavy (non-hydrogen) atoms. The molecule has 0 bridgehead atoms. The van der Waals surface area contributed by atoms with Crippen LogP contribution in [0.3, 0.4) is 0 Å². The molecule has 1 heterocycles. The van der Waals surface area contributed by atoms with E-state index in [0.717, 1.165) is 13.1 Å². The molecule has 0 aromatic heterocycles. The van der Waals surface area contributed by atoms with Gasteiger partial charge >= 0.3 is 0 Å². The van der Waals surface area contributed by atoms with Gasteiger partial charge in [-0.05, 0) is 6.92 Å². The van der Waals surface area contributed by atoms with Gasteiger partial charge in [0.25, 0.3) is 12.3 Å². The molecule has 0 saturated carbocycles. The van der Waals surface area contributed by atoms with E-state index in [9.17, 15) is 13.6 Å². The average molecular weight is 222 g/mol. The maximum absolute atomic E-state index is 11.8. The van der Waals surface area contributed by atoms with Crippen LogP contribution >= 0.6 is 0 Å². The van der Waals surface area contributed by atoms with Gasteiger partial charge in [-0.1, -0.05) is 0 Å². The van der Waals surface area contributed by atoms with Crippen LogP contribution < -0.4 is 5.32 Å². The zero-order valence-corrected chi connectivity index (χ0v) is 8.71. The summed E-state index contributed by atoms with van der Waals surface area (Å²) in [7, 11) is 0. The summed E-state index contributed by atoms with van der Waals surface area (Å²) in [6, 6.07) is 0. The number of piperazine rings is 1. The first-order chi connectivity index (χ1) is 7.11. The lowest BCUT2D eigenvalue weighted by Gasteiger charge is -2.29. The lowest BCUT2D eigenvalue weighted by molar-refractivity contribution is -0.145. The fourth-order valence-electron chi connectivity index (χ4n) is 1.43. The van der Waals surface area contributed by atoms with Gasteiger partial charge in [0.15, 0.2) is 0 Å². The molecule has 1 rings (SSSR count). The highest BCUT2D eigenvalue weighted by molar-refractivity contribution is 5.80. The van der Waals surface area contributed by atoms with Crippen LogP contribution in [0.1, 0.15) is 6.92 Å². The molecule has 0 radical (unpaired) electrons. The molecule has 0 aliphatic carbocycles. The van der Waals surface area contributed by atoms with Crippen LogP contribution in [0.4, 0.5) is 8.78 Å². The third-order valence-electron chi connectivity index (χ3n) is 2.25. The van der Waals surface area contributed by atoms with Crippen LogP contribution in [0.25, 0.3) is 0 Å². The summed E-state index contributed by atoms with van der Waals surface area (Å²) in [4.78, 5) is 13.3. The van der Waals surface area contributed by atoms with Crippen LogP contribution in [-0.2, 0) is 9.53 Å².